The third kappa shape index (κ3) is 4.69. The predicted molar refractivity (Wildman–Crippen MR) is 136 cm³/mol. The molecule has 1 aromatic carbocycles. The van der Waals surface area contributed by atoms with Gasteiger partial charge in [-0.2, -0.15) is 0 Å². The standard InChI is InChI=1S/C28H38N6O/c1-18-11-21(12-19(2)29-18)27-24-13-22-16-34(28(35)30-25(22)14-26(24)31-32-27)23-9-6-10-33(17-23)15-20-7-4-3-5-8-20/h3-5,7-8,11-12,22-27,31-32H,6,9-10,13-17H2,1-2H3,(H,30,35)/t22?,23-,24?,25?,26?,27?/m0/s1. The maximum atomic E-state index is 13.2. The summed E-state index contributed by atoms with van der Waals surface area (Å²) in [5.41, 5.74) is 12.0. The average Bonchev–Trinajstić information content (AvgIpc) is 3.25. The van der Waals surface area contributed by atoms with Gasteiger partial charge in [0.25, 0.3) is 0 Å². The molecule has 1 aromatic heterocycles. The average molecular weight is 475 g/mol. The van der Waals surface area contributed by atoms with E-state index in [-0.39, 0.29) is 12.1 Å². The lowest BCUT2D eigenvalue weighted by Gasteiger charge is -2.49. The highest BCUT2D eigenvalue weighted by atomic mass is 16.2. The van der Waals surface area contributed by atoms with Crippen LogP contribution in [-0.4, -0.2) is 58.6 Å². The van der Waals surface area contributed by atoms with E-state index < -0.39 is 0 Å². The number of aryl methyl sites for hydroxylation is 2. The van der Waals surface area contributed by atoms with Crippen molar-refractivity contribution >= 4 is 6.03 Å². The largest absolute Gasteiger partial charge is 0.335 e. The van der Waals surface area contributed by atoms with Crippen molar-refractivity contribution in [2.75, 3.05) is 19.6 Å². The number of carbonyl (C=O) groups is 1. The molecule has 3 aliphatic heterocycles. The van der Waals surface area contributed by atoms with Gasteiger partial charge in [-0.25, -0.2) is 10.2 Å². The maximum Gasteiger partial charge on any atom is 0.317 e. The highest BCUT2D eigenvalue weighted by Gasteiger charge is 2.48. The topological polar surface area (TPSA) is 72.5 Å². The molecular formula is C28H38N6O. The minimum Gasteiger partial charge on any atom is -0.335 e. The van der Waals surface area contributed by atoms with Gasteiger partial charge in [0.15, 0.2) is 0 Å². The molecule has 0 spiro atoms. The summed E-state index contributed by atoms with van der Waals surface area (Å²) in [4.78, 5) is 22.5. The Bertz CT molecular complexity index is 1040. The number of hydrogen-bond acceptors (Lipinski definition) is 5. The van der Waals surface area contributed by atoms with Crippen molar-refractivity contribution in [1.82, 2.24) is 31.0 Å². The normalized spacial score (nSPS) is 33.2. The fourth-order valence-corrected chi connectivity index (χ4v) is 7.08. The predicted octanol–water partition coefficient (Wildman–Crippen LogP) is 3.30. The summed E-state index contributed by atoms with van der Waals surface area (Å²) in [6, 6.07) is 16.5. The zero-order valence-corrected chi connectivity index (χ0v) is 20.9. The zero-order valence-electron chi connectivity index (χ0n) is 20.9. The Morgan fingerprint density at radius 3 is 2.60 bits per heavy atom. The van der Waals surface area contributed by atoms with Crippen molar-refractivity contribution in [2.45, 2.75) is 70.2 Å². The fraction of sp³-hybridized carbons (Fsp3) is 0.571. The first-order valence-corrected chi connectivity index (χ1v) is 13.3. The number of piperidine rings is 1. The molecule has 2 amide bonds. The number of urea groups is 1. The van der Waals surface area contributed by atoms with E-state index in [9.17, 15) is 4.79 Å². The van der Waals surface area contributed by atoms with Crippen LogP contribution in [0.3, 0.4) is 0 Å². The number of hydrazine groups is 1. The molecule has 3 saturated heterocycles. The molecule has 7 nitrogen and oxygen atoms in total. The first kappa shape index (κ1) is 23.0. The Morgan fingerprint density at radius 2 is 1.80 bits per heavy atom. The summed E-state index contributed by atoms with van der Waals surface area (Å²) in [7, 11) is 0. The van der Waals surface area contributed by atoms with Crippen molar-refractivity contribution < 1.29 is 4.79 Å². The molecule has 5 unspecified atom stereocenters. The lowest BCUT2D eigenvalue weighted by atomic mass is 9.71. The van der Waals surface area contributed by atoms with E-state index in [0.717, 1.165) is 63.3 Å². The van der Waals surface area contributed by atoms with Gasteiger partial charge >= 0.3 is 6.03 Å². The number of carbonyl (C=O) groups excluding carboxylic acids is 1. The Kier molecular flexibility index (Phi) is 6.25. The molecule has 186 valence electrons. The third-order valence-electron chi connectivity index (χ3n) is 8.66. The van der Waals surface area contributed by atoms with Crippen LogP contribution >= 0.6 is 0 Å². The molecule has 7 heteroatoms. The number of likely N-dealkylation sites (tertiary alicyclic amines) is 1. The minimum atomic E-state index is 0.138. The molecule has 0 radical (unpaired) electrons. The van der Waals surface area contributed by atoms with Crippen LogP contribution in [0.4, 0.5) is 4.79 Å². The van der Waals surface area contributed by atoms with Gasteiger partial charge in [0.1, 0.15) is 0 Å². The Balaban J connectivity index is 1.14. The minimum absolute atomic E-state index is 0.138. The van der Waals surface area contributed by atoms with Crippen molar-refractivity contribution in [3.05, 3.63) is 65.0 Å². The quantitative estimate of drug-likeness (QED) is 0.634. The van der Waals surface area contributed by atoms with E-state index in [1.807, 2.05) is 0 Å². The molecule has 4 aliphatic rings. The Morgan fingerprint density at radius 1 is 1.00 bits per heavy atom. The lowest BCUT2D eigenvalue weighted by molar-refractivity contribution is 0.0523. The number of nitrogens with zero attached hydrogens (tertiary/aromatic N) is 3. The smallest absolute Gasteiger partial charge is 0.317 e. The maximum absolute atomic E-state index is 13.2. The number of nitrogens with one attached hydrogen (secondary N) is 3. The van der Waals surface area contributed by atoms with E-state index >= 15 is 0 Å². The van der Waals surface area contributed by atoms with Crippen molar-refractivity contribution in [3.63, 3.8) is 0 Å². The molecular weight excluding hydrogens is 436 g/mol. The summed E-state index contributed by atoms with van der Waals surface area (Å²) in [6.07, 6.45) is 4.37. The number of benzene rings is 1. The molecule has 6 rings (SSSR count). The van der Waals surface area contributed by atoms with Gasteiger partial charge in [-0.3, -0.25) is 15.3 Å². The fourth-order valence-electron chi connectivity index (χ4n) is 7.08. The Labute approximate surface area is 208 Å². The second-order valence-corrected chi connectivity index (χ2v) is 11.2. The van der Waals surface area contributed by atoms with Gasteiger partial charge in [0.2, 0.25) is 0 Å². The first-order valence-electron chi connectivity index (χ1n) is 13.3. The molecule has 6 atom stereocenters. The molecule has 35 heavy (non-hydrogen) atoms. The summed E-state index contributed by atoms with van der Waals surface area (Å²) in [5, 5.41) is 3.41. The summed E-state index contributed by atoms with van der Waals surface area (Å²) < 4.78 is 0. The molecule has 4 fully saturated rings. The summed E-state index contributed by atoms with van der Waals surface area (Å²) >= 11 is 0. The van der Waals surface area contributed by atoms with Gasteiger partial charge in [-0.05, 0) is 81.2 Å². The van der Waals surface area contributed by atoms with E-state index in [1.165, 1.54) is 11.1 Å². The van der Waals surface area contributed by atoms with Crippen LogP contribution in [0.1, 0.15) is 54.2 Å². The molecule has 1 saturated carbocycles. The second kappa shape index (κ2) is 9.52. The molecule has 1 aliphatic carbocycles. The third-order valence-corrected chi connectivity index (χ3v) is 8.66. The lowest BCUT2D eigenvalue weighted by Crippen LogP contribution is -2.64. The van der Waals surface area contributed by atoms with Gasteiger partial charge in [-0.15, -0.1) is 0 Å². The SMILES string of the molecule is Cc1cc(C2NNC3CC4NC(=O)N([C@H]5CCCN(Cc6ccccc6)C5)CC4CC32)cc(C)n1. The number of amides is 2. The second-order valence-electron chi connectivity index (χ2n) is 11.2. The van der Waals surface area contributed by atoms with E-state index in [4.69, 9.17) is 0 Å². The van der Waals surface area contributed by atoms with Crippen molar-refractivity contribution in [3.8, 4) is 0 Å². The number of pyridine rings is 1. The van der Waals surface area contributed by atoms with Gasteiger partial charge < -0.3 is 10.2 Å². The van der Waals surface area contributed by atoms with Crippen LogP contribution in [0.2, 0.25) is 0 Å². The van der Waals surface area contributed by atoms with Gasteiger partial charge in [0.05, 0.1) is 6.04 Å². The number of hydrogen-bond donors (Lipinski definition) is 3. The first-order chi connectivity index (χ1) is 17.0. The highest BCUT2D eigenvalue weighted by Crippen LogP contribution is 2.42. The van der Waals surface area contributed by atoms with Crippen molar-refractivity contribution in [2.24, 2.45) is 11.8 Å². The van der Waals surface area contributed by atoms with Crippen LogP contribution in [0, 0.1) is 25.7 Å². The van der Waals surface area contributed by atoms with E-state index in [1.54, 1.807) is 0 Å². The number of fused-ring (bicyclic) bond motifs is 2. The monoisotopic (exact) mass is 474 g/mol. The zero-order chi connectivity index (χ0) is 23.9. The molecule has 0 bridgehead atoms. The number of aromatic nitrogens is 1. The van der Waals surface area contributed by atoms with Crippen LogP contribution in [0.5, 0.6) is 0 Å². The van der Waals surface area contributed by atoms with E-state index in [2.05, 4.69) is 87.3 Å². The van der Waals surface area contributed by atoms with Crippen molar-refractivity contribution in [1.29, 1.82) is 0 Å². The van der Waals surface area contributed by atoms with Crippen LogP contribution in [0.25, 0.3) is 0 Å². The molecule has 4 heterocycles. The van der Waals surface area contributed by atoms with E-state index in [0.29, 0.717) is 30.0 Å². The Hall–Kier alpha value is -2.48. The van der Waals surface area contributed by atoms with Crippen LogP contribution in [-0.2, 0) is 6.54 Å². The number of rotatable bonds is 4. The van der Waals surface area contributed by atoms with Crippen LogP contribution in [0.15, 0.2) is 42.5 Å². The summed E-state index contributed by atoms with van der Waals surface area (Å²) in [6.45, 7) is 8.07. The highest BCUT2D eigenvalue weighted by molar-refractivity contribution is 5.76. The van der Waals surface area contributed by atoms with Crippen LogP contribution < -0.4 is 16.2 Å². The van der Waals surface area contributed by atoms with Gasteiger partial charge in [-0.1, -0.05) is 30.3 Å². The molecule has 2 aromatic rings. The summed E-state index contributed by atoms with van der Waals surface area (Å²) in [5.74, 6) is 1.02. The van der Waals surface area contributed by atoms with Gasteiger partial charge in [0, 0.05) is 49.1 Å². The molecule has 3 N–H and O–H groups in total.